The van der Waals surface area contributed by atoms with Crippen LogP contribution in [0, 0.1) is 11.3 Å². The molecule has 0 spiro atoms. The normalized spacial score (nSPS) is 21.2. The summed E-state index contributed by atoms with van der Waals surface area (Å²) in [7, 11) is 3.98. The Labute approximate surface area is 216 Å². The predicted molar refractivity (Wildman–Crippen MR) is 144 cm³/mol. The number of nitrogen functional groups attached to an aromatic ring is 1. The molecule has 10 nitrogen and oxygen atoms in total. The van der Waals surface area contributed by atoms with Gasteiger partial charge in [-0.05, 0) is 45.0 Å². The molecule has 1 saturated heterocycles. The molecule has 0 aromatic carbocycles. The van der Waals surface area contributed by atoms with Crippen LogP contribution in [0.2, 0.25) is 0 Å². The fourth-order valence-electron chi connectivity index (χ4n) is 4.86. The Morgan fingerprint density at radius 1 is 1.42 bits per heavy atom. The molecule has 2 unspecified atom stereocenters. The highest BCUT2D eigenvalue weighted by Gasteiger charge is 2.42. The van der Waals surface area contributed by atoms with E-state index in [9.17, 15) is 10.4 Å². The van der Waals surface area contributed by atoms with E-state index in [1.54, 1.807) is 0 Å². The van der Waals surface area contributed by atoms with Crippen molar-refractivity contribution < 1.29 is 9.84 Å². The molecule has 2 aliphatic rings. The maximum atomic E-state index is 11.3. The smallest absolute Gasteiger partial charge is 0.216 e. The van der Waals surface area contributed by atoms with Gasteiger partial charge in [-0.15, -0.1) is 11.3 Å². The van der Waals surface area contributed by atoms with Gasteiger partial charge in [-0.2, -0.15) is 5.26 Å². The summed E-state index contributed by atoms with van der Waals surface area (Å²) in [5.41, 5.74) is 14.5. The summed E-state index contributed by atoms with van der Waals surface area (Å²) in [5.74, 6) is 0.603. The number of rotatable bonds is 8. The first-order valence-electron chi connectivity index (χ1n) is 12.3. The van der Waals surface area contributed by atoms with E-state index in [4.69, 9.17) is 16.2 Å². The zero-order valence-electron chi connectivity index (χ0n) is 21.3. The van der Waals surface area contributed by atoms with Crippen LogP contribution in [-0.4, -0.2) is 80.5 Å². The number of aromatic nitrogens is 1. The Kier molecular flexibility index (Phi) is 8.00. The second-order valence-corrected chi connectivity index (χ2v) is 11.0. The largest absolute Gasteiger partial charge is 0.476 e. The summed E-state index contributed by atoms with van der Waals surface area (Å²) >= 11 is 1.43. The number of hydrogen-bond acceptors (Lipinski definition) is 10. The number of hydrogen-bond donors (Lipinski definition) is 4. The number of anilines is 2. The second kappa shape index (κ2) is 11.0. The van der Waals surface area contributed by atoms with Crippen molar-refractivity contribution in [1.82, 2.24) is 15.2 Å². The number of pyridine rings is 1. The summed E-state index contributed by atoms with van der Waals surface area (Å²) in [5, 5.41) is 24.9. The van der Waals surface area contributed by atoms with E-state index in [0.29, 0.717) is 35.2 Å². The minimum absolute atomic E-state index is 0.131. The van der Waals surface area contributed by atoms with Crippen LogP contribution in [0.5, 0.6) is 5.88 Å². The highest BCUT2D eigenvalue weighted by Crippen LogP contribution is 2.47. The number of aryl methyl sites for hydroxylation is 1. The van der Waals surface area contributed by atoms with Crippen LogP contribution in [0.3, 0.4) is 0 Å². The molecule has 194 valence electrons. The van der Waals surface area contributed by atoms with Gasteiger partial charge in [0, 0.05) is 54.8 Å². The molecule has 2 aromatic rings. The molecule has 4 rings (SSSR count). The quantitative estimate of drug-likeness (QED) is 0.303. The van der Waals surface area contributed by atoms with Crippen molar-refractivity contribution in [2.75, 3.05) is 64.1 Å². The fourth-order valence-corrected chi connectivity index (χ4v) is 6.06. The lowest BCUT2D eigenvalue weighted by Crippen LogP contribution is -2.43. The van der Waals surface area contributed by atoms with Gasteiger partial charge in [0.15, 0.2) is 6.23 Å². The van der Waals surface area contributed by atoms with Crippen molar-refractivity contribution in [3.8, 4) is 11.9 Å². The lowest BCUT2D eigenvalue weighted by atomic mass is 9.71. The van der Waals surface area contributed by atoms with Crippen molar-refractivity contribution in [1.29, 1.82) is 5.26 Å². The molecule has 0 amide bonds. The molecule has 11 heteroatoms. The summed E-state index contributed by atoms with van der Waals surface area (Å²) in [6.45, 7) is 6.67. The van der Waals surface area contributed by atoms with Crippen molar-refractivity contribution in [3.05, 3.63) is 33.8 Å². The molecule has 0 bridgehead atoms. The van der Waals surface area contributed by atoms with Crippen LogP contribution < -0.4 is 26.4 Å². The average molecular weight is 513 g/mol. The molecule has 1 aliphatic carbocycles. The first kappa shape index (κ1) is 26.2. The van der Waals surface area contributed by atoms with Crippen LogP contribution in [0.1, 0.15) is 41.5 Å². The maximum absolute atomic E-state index is 11.3. The number of aliphatic hydroxyl groups excluding tert-OH is 1. The molecule has 36 heavy (non-hydrogen) atoms. The van der Waals surface area contributed by atoms with Crippen LogP contribution in [0.25, 0.3) is 0 Å². The van der Waals surface area contributed by atoms with Gasteiger partial charge in [-0.3, -0.25) is 0 Å². The van der Waals surface area contributed by atoms with Crippen molar-refractivity contribution in [2.24, 2.45) is 10.7 Å². The molecule has 2 aromatic heterocycles. The number of piperazine rings is 1. The topological polar surface area (TPSA) is 149 Å². The third kappa shape index (κ3) is 5.42. The molecule has 0 saturated carbocycles. The van der Waals surface area contributed by atoms with E-state index >= 15 is 0 Å². The maximum Gasteiger partial charge on any atom is 0.216 e. The SMILES string of the molecule is CN(C)CCOc1cc(N2CCNCC2)cc(/C(N)=N/C(O)C2(C)CCCc3sc(N)c(C#N)c32)n1. The monoisotopic (exact) mass is 512 g/mol. The van der Waals surface area contributed by atoms with Gasteiger partial charge in [0.25, 0.3) is 0 Å². The number of amidine groups is 1. The first-order chi connectivity index (χ1) is 17.2. The number of ether oxygens (including phenoxy) is 1. The first-order valence-corrected chi connectivity index (χ1v) is 13.1. The minimum Gasteiger partial charge on any atom is -0.476 e. The molecule has 6 N–H and O–H groups in total. The van der Waals surface area contributed by atoms with Gasteiger partial charge in [-0.25, -0.2) is 9.98 Å². The predicted octanol–water partition coefficient (Wildman–Crippen LogP) is 1.26. The molecule has 3 heterocycles. The highest BCUT2D eigenvalue weighted by molar-refractivity contribution is 7.16. The van der Waals surface area contributed by atoms with Gasteiger partial charge in [-0.1, -0.05) is 6.92 Å². The van der Waals surface area contributed by atoms with E-state index in [0.717, 1.165) is 61.7 Å². The number of likely N-dealkylation sites (N-methyl/N-ethyl adjacent to an activating group) is 1. The zero-order valence-corrected chi connectivity index (χ0v) is 22.1. The summed E-state index contributed by atoms with van der Waals surface area (Å²) in [4.78, 5) is 14.5. The van der Waals surface area contributed by atoms with Crippen molar-refractivity contribution in [2.45, 2.75) is 37.8 Å². The number of aliphatic hydroxyl groups is 1. The molecular weight excluding hydrogens is 476 g/mol. The van der Waals surface area contributed by atoms with Crippen LogP contribution in [0.4, 0.5) is 10.7 Å². The Morgan fingerprint density at radius 2 is 2.17 bits per heavy atom. The van der Waals surface area contributed by atoms with Gasteiger partial charge >= 0.3 is 0 Å². The molecule has 1 fully saturated rings. The van der Waals surface area contributed by atoms with E-state index < -0.39 is 11.6 Å². The van der Waals surface area contributed by atoms with Crippen molar-refractivity contribution in [3.63, 3.8) is 0 Å². The van der Waals surface area contributed by atoms with Gasteiger partial charge < -0.3 is 36.4 Å². The standard InChI is InChI=1S/C25H36N8O2S/c1-25(6-4-5-19-21(25)17(15-26)23(28)36-19)24(34)31-22(27)18-13-16(33-9-7-29-8-10-33)14-20(30-18)35-12-11-32(2)3/h13-14,24,29,34H,4-12,28H2,1-3H3,(H2,27,31). The number of thiophene rings is 1. The Bertz CT molecular complexity index is 1150. The second-order valence-electron chi connectivity index (χ2n) is 9.85. The number of aliphatic imine (C=N–C) groups is 1. The highest BCUT2D eigenvalue weighted by atomic mass is 32.1. The number of nitrogens with two attached hydrogens (primary N) is 2. The summed E-state index contributed by atoms with van der Waals surface area (Å²) in [6, 6.07) is 6.05. The lowest BCUT2D eigenvalue weighted by molar-refractivity contribution is 0.0869. The average Bonchev–Trinajstić information content (AvgIpc) is 3.20. The Morgan fingerprint density at radius 3 is 2.86 bits per heavy atom. The summed E-state index contributed by atoms with van der Waals surface area (Å²) < 4.78 is 5.94. The van der Waals surface area contributed by atoms with Gasteiger partial charge in [0.05, 0.1) is 5.56 Å². The van der Waals surface area contributed by atoms with E-state index in [-0.39, 0.29) is 5.84 Å². The van der Waals surface area contributed by atoms with Gasteiger partial charge in [0.1, 0.15) is 29.2 Å². The van der Waals surface area contributed by atoms with Crippen LogP contribution in [0.15, 0.2) is 17.1 Å². The Hall–Kier alpha value is -2.91. The zero-order chi connectivity index (χ0) is 25.9. The number of nitrogens with zero attached hydrogens (tertiary/aromatic N) is 5. The van der Waals surface area contributed by atoms with E-state index in [2.05, 4.69) is 26.3 Å². The molecular formula is C25H36N8O2S. The molecule has 2 atom stereocenters. The summed E-state index contributed by atoms with van der Waals surface area (Å²) in [6.07, 6.45) is 1.24. The van der Waals surface area contributed by atoms with E-state index in [1.807, 2.05) is 38.1 Å². The van der Waals surface area contributed by atoms with Gasteiger partial charge in [0.2, 0.25) is 5.88 Å². The molecule has 0 radical (unpaired) electrons. The van der Waals surface area contributed by atoms with Crippen LogP contribution >= 0.6 is 11.3 Å². The third-order valence-electron chi connectivity index (χ3n) is 6.94. The Balaban J connectivity index is 1.66. The number of nitrogens with one attached hydrogen (secondary N) is 1. The van der Waals surface area contributed by atoms with E-state index in [1.165, 1.54) is 11.3 Å². The fraction of sp³-hybridized carbons (Fsp3) is 0.560. The number of nitriles is 1. The van der Waals surface area contributed by atoms with Crippen molar-refractivity contribution >= 4 is 27.9 Å². The van der Waals surface area contributed by atoms with Crippen LogP contribution in [-0.2, 0) is 11.8 Å². The molecule has 1 aliphatic heterocycles. The third-order valence-corrected chi connectivity index (χ3v) is 8.02. The minimum atomic E-state index is -1.15. The number of fused-ring (bicyclic) bond motifs is 1. The lowest BCUT2D eigenvalue weighted by Gasteiger charge is -2.36.